The van der Waals surface area contributed by atoms with Crippen LogP contribution in [0, 0.1) is 0 Å². The van der Waals surface area contributed by atoms with Gasteiger partial charge in [0.2, 0.25) is 0 Å². The van der Waals surface area contributed by atoms with E-state index in [4.69, 9.17) is 0 Å². The largest absolute Gasteiger partial charge is 0.511 e. The van der Waals surface area contributed by atoms with E-state index in [0.717, 1.165) is 0 Å². The fraction of sp³-hybridized carbons (Fsp3) is 0.286. The van der Waals surface area contributed by atoms with Crippen LogP contribution in [0.25, 0.3) is 0 Å². The van der Waals surface area contributed by atoms with Crippen molar-refractivity contribution in [2.75, 3.05) is 0 Å². The Morgan fingerprint density at radius 3 is 1.76 bits per heavy atom. The molecule has 0 N–H and O–H groups in total. The van der Waals surface area contributed by atoms with Gasteiger partial charge in [0.25, 0.3) is 0 Å². The third-order valence-electron chi connectivity index (χ3n) is 1.84. The molecule has 0 amide bonds. The minimum Gasteiger partial charge on any atom is -0.445 e. The first-order valence-corrected chi connectivity index (χ1v) is 4.07. The molecule has 96 valence electrons. The molecule has 0 spiro atoms. The second-order valence-corrected chi connectivity index (χ2v) is 3.12. The maximum Gasteiger partial charge on any atom is 0.511 e. The predicted molar refractivity (Wildman–Crippen MR) is 42.9 cm³/mol. The van der Waals surface area contributed by atoms with Crippen molar-refractivity contribution in [3.8, 4) is 0 Å². The zero-order valence-electron chi connectivity index (χ0n) is 7.78. The SMILES string of the molecule is F[B-](F)(F)c1ccc(C(F)(F)C(F)(F)F)nc1. The quantitative estimate of drug-likeness (QED) is 0.591. The van der Waals surface area contributed by atoms with E-state index in [9.17, 15) is 34.9 Å². The number of halogens is 8. The van der Waals surface area contributed by atoms with Gasteiger partial charge in [-0.2, -0.15) is 22.0 Å². The molecule has 1 aromatic heterocycles. The maximum absolute atomic E-state index is 12.6. The molecule has 0 aliphatic rings. The molecule has 0 aliphatic carbocycles. The highest BCUT2D eigenvalue weighted by molar-refractivity contribution is 6.73. The molecule has 1 rings (SSSR count). The number of hydrogen-bond donors (Lipinski definition) is 0. The molecule has 1 heterocycles. The predicted octanol–water partition coefficient (Wildman–Crippen LogP) is 2.79. The van der Waals surface area contributed by atoms with E-state index >= 15 is 0 Å². The zero-order valence-corrected chi connectivity index (χ0v) is 7.78. The van der Waals surface area contributed by atoms with Crippen LogP contribution in [0.4, 0.5) is 34.9 Å². The lowest BCUT2D eigenvalue weighted by Crippen LogP contribution is -2.37. The summed E-state index contributed by atoms with van der Waals surface area (Å²) in [7, 11) is 0. The first-order chi connectivity index (χ1) is 7.46. The first-order valence-electron chi connectivity index (χ1n) is 4.07. The Balaban J connectivity index is 3.12. The topological polar surface area (TPSA) is 12.9 Å². The lowest BCUT2D eigenvalue weighted by Gasteiger charge is -2.20. The molecular weight excluding hydrogens is 261 g/mol. The van der Waals surface area contributed by atoms with E-state index in [1.54, 1.807) is 0 Å². The summed E-state index contributed by atoms with van der Waals surface area (Å²) < 4.78 is 97.0. The minimum atomic E-state index is -5.90. The summed E-state index contributed by atoms with van der Waals surface area (Å²) in [5, 5.41) is 0. The van der Waals surface area contributed by atoms with Crippen molar-refractivity contribution in [2.24, 2.45) is 0 Å². The summed E-state index contributed by atoms with van der Waals surface area (Å²) >= 11 is 0. The molecule has 1 nitrogen and oxygen atoms in total. The van der Waals surface area contributed by atoms with Gasteiger partial charge < -0.3 is 12.9 Å². The summed E-state index contributed by atoms with van der Waals surface area (Å²) in [6.07, 6.45) is -5.94. The van der Waals surface area contributed by atoms with Crippen LogP contribution in [0.5, 0.6) is 0 Å². The van der Waals surface area contributed by atoms with E-state index in [-0.39, 0.29) is 18.3 Å². The molecule has 0 atom stereocenters. The van der Waals surface area contributed by atoms with Gasteiger partial charge in [-0.3, -0.25) is 4.98 Å². The number of hydrogen-bond acceptors (Lipinski definition) is 1. The molecule has 0 fully saturated rings. The highest BCUT2D eigenvalue weighted by Gasteiger charge is 2.59. The van der Waals surface area contributed by atoms with Crippen LogP contribution in [-0.4, -0.2) is 18.1 Å². The Morgan fingerprint density at radius 2 is 1.47 bits per heavy atom. The highest BCUT2D eigenvalue weighted by Crippen LogP contribution is 2.42. The first kappa shape index (κ1) is 13.7. The minimum absolute atomic E-state index is 0.0120. The lowest BCUT2D eigenvalue weighted by atomic mass is 9.81. The van der Waals surface area contributed by atoms with Crippen molar-refractivity contribution in [3.63, 3.8) is 0 Å². The van der Waals surface area contributed by atoms with E-state index < -0.39 is 30.2 Å². The third-order valence-corrected chi connectivity index (χ3v) is 1.84. The van der Waals surface area contributed by atoms with E-state index in [0.29, 0.717) is 0 Å². The normalized spacial score (nSPS) is 13.9. The zero-order chi connectivity index (χ0) is 13.5. The summed E-state index contributed by atoms with van der Waals surface area (Å²) in [6, 6.07) is 0.153. The second-order valence-electron chi connectivity index (χ2n) is 3.12. The molecule has 1 aromatic rings. The van der Waals surface area contributed by atoms with Gasteiger partial charge in [-0.1, -0.05) is 11.5 Å². The standard InChI is InChI=1S/C7H3BF8N/c9-6(10,7(11,12)13)5-2-1-4(3-17-5)8(14,15)16/h1-3H/q-1. The van der Waals surface area contributed by atoms with Crippen LogP contribution in [-0.2, 0) is 5.92 Å². The van der Waals surface area contributed by atoms with Gasteiger partial charge in [-0.25, -0.2) is 0 Å². The Hall–Kier alpha value is -1.35. The van der Waals surface area contributed by atoms with Gasteiger partial charge in [0.15, 0.2) is 0 Å². The fourth-order valence-electron chi connectivity index (χ4n) is 0.930. The number of nitrogens with zero attached hydrogens (tertiary/aromatic N) is 1. The van der Waals surface area contributed by atoms with E-state index in [1.807, 2.05) is 0 Å². The lowest BCUT2D eigenvalue weighted by molar-refractivity contribution is -0.290. The van der Waals surface area contributed by atoms with Crippen molar-refractivity contribution in [3.05, 3.63) is 24.0 Å². The Kier molecular flexibility index (Phi) is 3.10. The van der Waals surface area contributed by atoms with Crippen LogP contribution in [0.1, 0.15) is 5.69 Å². The molecule has 0 saturated carbocycles. The Labute approximate surface area is 89.5 Å². The summed E-state index contributed by atoms with van der Waals surface area (Å²) in [5.41, 5.74) is -3.11. The molecular formula is C7H3BF8N-. The van der Waals surface area contributed by atoms with Crippen LogP contribution < -0.4 is 5.46 Å². The molecule has 0 aromatic carbocycles. The number of aromatic nitrogens is 1. The summed E-state index contributed by atoms with van der Waals surface area (Å²) in [6.45, 7) is -5.48. The van der Waals surface area contributed by atoms with Crippen molar-refractivity contribution >= 4 is 12.4 Å². The fourth-order valence-corrected chi connectivity index (χ4v) is 0.930. The Morgan fingerprint density at radius 1 is 0.941 bits per heavy atom. The Bertz CT molecular complexity index is 392. The van der Waals surface area contributed by atoms with Crippen molar-refractivity contribution < 1.29 is 34.9 Å². The smallest absolute Gasteiger partial charge is 0.445 e. The van der Waals surface area contributed by atoms with Gasteiger partial charge in [0, 0.05) is 6.20 Å². The van der Waals surface area contributed by atoms with Crippen molar-refractivity contribution in [1.82, 2.24) is 4.98 Å². The molecule has 0 unspecified atom stereocenters. The molecule has 0 aliphatic heterocycles. The van der Waals surface area contributed by atoms with Crippen LogP contribution >= 0.6 is 0 Å². The number of alkyl halides is 5. The average Bonchev–Trinajstić information content (AvgIpc) is 2.15. The van der Waals surface area contributed by atoms with Gasteiger partial charge in [0.05, 0.1) is 0 Å². The van der Waals surface area contributed by atoms with Crippen LogP contribution in [0.2, 0.25) is 0 Å². The van der Waals surface area contributed by atoms with E-state index in [2.05, 4.69) is 4.98 Å². The molecule has 10 heteroatoms. The monoisotopic (exact) mass is 264 g/mol. The van der Waals surface area contributed by atoms with Gasteiger partial charge in [-0.15, -0.1) is 0 Å². The van der Waals surface area contributed by atoms with E-state index in [1.165, 1.54) is 0 Å². The summed E-state index contributed by atoms with van der Waals surface area (Å²) in [4.78, 5) is 2.51. The van der Waals surface area contributed by atoms with Gasteiger partial charge >= 0.3 is 19.1 Å². The molecule has 0 saturated heterocycles. The molecule has 17 heavy (non-hydrogen) atoms. The third kappa shape index (κ3) is 2.67. The van der Waals surface area contributed by atoms with Crippen molar-refractivity contribution in [2.45, 2.75) is 12.1 Å². The average molecular weight is 264 g/mol. The summed E-state index contributed by atoms with van der Waals surface area (Å²) in [5.74, 6) is -5.27. The van der Waals surface area contributed by atoms with Crippen LogP contribution in [0.15, 0.2) is 18.3 Å². The van der Waals surface area contributed by atoms with Crippen LogP contribution in [0.3, 0.4) is 0 Å². The number of rotatable bonds is 2. The molecule has 0 bridgehead atoms. The van der Waals surface area contributed by atoms with Gasteiger partial charge in [-0.05, 0) is 6.07 Å². The highest BCUT2D eigenvalue weighted by atomic mass is 19.4. The second kappa shape index (κ2) is 3.85. The molecule has 0 radical (unpaired) electrons. The van der Waals surface area contributed by atoms with Crippen molar-refractivity contribution in [1.29, 1.82) is 0 Å². The maximum atomic E-state index is 12.6. The van der Waals surface area contributed by atoms with Gasteiger partial charge in [0.1, 0.15) is 5.69 Å². The number of pyridine rings is 1.